The van der Waals surface area contributed by atoms with E-state index in [0.29, 0.717) is 34.3 Å². The Morgan fingerprint density at radius 1 is 1.12 bits per heavy atom. The average molecular weight is 526 g/mol. The lowest BCUT2D eigenvalue weighted by Crippen LogP contribution is -2.49. The lowest BCUT2D eigenvalue weighted by Gasteiger charge is -2.31. The number of nitro benzene ring substituents is 1. The van der Waals surface area contributed by atoms with E-state index in [9.17, 15) is 19.7 Å². The van der Waals surface area contributed by atoms with Crippen molar-refractivity contribution in [3.63, 3.8) is 0 Å². The molecule has 0 spiro atoms. The normalized spacial score (nSPS) is 11.6. The Bertz CT molecular complexity index is 968. The van der Waals surface area contributed by atoms with E-state index in [1.165, 1.54) is 28.8 Å². The first-order valence-corrected chi connectivity index (χ1v) is 13.0. The molecule has 0 heterocycles. The summed E-state index contributed by atoms with van der Waals surface area (Å²) in [5.41, 5.74) is 1.49. The number of benzene rings is 2. The summed E-state index contributed by atoms with van der Waals surface area (Å²) in [6, 6.07) is 10.7. The van der Waals surface area contributed by atoms with Crippen LogP contribution in [0.25, 0.3) is 0 Å². The van der Waals surface area contributed by atoms with E-state index in [-0.39, 0.29) is 29.8 Å². The predicted molar refractivity (Wildman–Crippen MR) is 138 cm³/mol. The van der Waals surface area contributed by atoms with Gasteiger partial charge in [0.2, 0.25) is 11.8 Å². The third-order valence-electron chi connectivity index (χ3n) is 5.25. The van der Waals surface area contributed by atoms with Gasteiger partial charge >= 0.3 is 0 Å². The number of rotatable bonds is 13. The Morgan fingerprint density at radius 2 is 1.76 bits per heavy atom. The van der Waals surface area contributed by atoms with Crippen molar-refractivity contribution in [3.05, 3.63) is 73.8 Å². The molecule has 184 valence electrons. The highest BCUT2D eigenvalue weighted by atomic mass is 35.5. The molecule has 2 aromatic rings. The number of amides is 2. The Kier molecular flexibility index (Phi) is 11.7. The number of hydrogen-bond acceptors (Lipinski definition) is 5. The maximum absolute atomic E-state index is 13.3. The Hall–Kier alpha value is -2.29. The fourth-order valence-electron chi connectivity index (χ4n) is 3.33. The molecular weight excluding hydrogens is 497 g/mol. The SMILES string of the molecule is CCCCNC(=O)C(CC)N(Cc1c(Cl)cccc1Cl)C(=O)CSCc1ccc([N+](=O)[O-])cc1. The Labute approximate surface area is 214 Å². The van der Waals surface area contributed by atoms with Crippen molar-refractivity contribution in [3.8, 4) is 0 Å². The molecular formula is C24H29Cl2N3O4S. The van der Waals surface area contributed by atoms with Crippen LogP contribution in [0.3, 0.4) is 0 Å². The van der Waals surface area contributed by atoms with Gasteiger partial charge in [0.25, 0.3) is 5.69 Å². The summed E-state index contributed by atoms with van der Waals surface area (Å²) >= 11 is 14.1. The molecule has 7 nitrogen and oxygen atoms in total. The van der Waals surface area contributed by atoms with Gasteiger partial charge in [-0.2, -0.15) is 0 Å². The lowest BCUT2D eigenvalue weighted by molar-refractivity contribution is -0.384. The Balaban J connectivity index is 2.15. The van der Waals surface area contributed by atoms with Gasteiger partial charge in [-0.05, 0) is 30.5 Å². The molecule has 34 heavy (non-hydrogen) atoms. The molecule has 1 unspecified atom stereocenters. The van der Waals surface area contributed by atoms with Gasteiger partial charge in [0, 0.05) is 46.6 Å². The number of halogens is 2. The Morgan fingerprint density at radius 3 is 2.32 bits per heavy atom. The summed E-state index contributed by atoms with van der Waals surface area (Å²) in [6.45, 7) is 4.58. The van der Waals surface area contributed by atoms with E-state index in [1.807, 2.05) is 13.8 Å². The standard InChI is InChI=1S/C24H29Cl2N3O4S/c1-3-5-13-27-24(31)22(4-2)28(14-19-20(25)7-6-8-21(19)26)23(30)16-34-15-17-9-11-18(12-10-17)29(32)33/h6-12,22H,3-5,13-16H2,1-2H3,(H,27,31). The second kappa shape index (κ2) is 14.2. The number of nitrogens with zero attached hydrogens (tertiary/aromatic N) is 2. The maximum atomic E-state index is 13.3. The monoisotopic (exact) mass is 525 g/mol. The minimum absolute atomic E-state index is 0.0208. The van der Waals surface area contributed by atoms with Crippen LogP contribution in [0.2, 0.25) is 10.0 Å². The van der Waals surface area contributed by atoms with Crippen LogP contribution in [0.5, 0.6) is 0 Å². The molecule has 1 N–H and O–H groups in total. The number of unbranched alkanes of at least 4 members (excludes halogenated alkanes) is 1. The number of non-ortho nitro benzene ring substituents is 1. The third kappa shape index (κ3) is 8.18. The summed E-state index contributed by atoms with van der Waals surface area (Å²) < 4.78 is 0. The van der Waals surface area contributed by atoms with Crippen molar-refractivity contribution < 1.29 is 14.5 Å². The van der Waals surface area contributed by atoms with E-state index < -0.39 is 11.0 Å². The molecule has 0 fully saturated rings. The number of carbonyl (C=O) groups excluding carboxylic acids is 2. The van der Waals surface area contributed by atoms with E-state index in [1.54, 1.807) is 30.3 Å². The van der Waals surface area contributed by atoms with Gasteiger partial charge in [-0.3, -0.25) is 19.7 Å². The molecule has 2 amide bonds. The lowest BCUT2D eigenvalue weighted by atomic mass is 10.1. The van der Waals surface area contributed by atoms with Crippen molar-refractivity contribution in [2.75, 3.05) is 12.3 Å². The topological polar surface area (TPSA) is 92.6 Å². The fourth-order valence-corrected chi connectivity index (χ4v) is 4.72. The quantitative estimate of drug-likeness (QED) is 0.201. The van der Waals surface area contributed by atoms with Crippen LogP contribution in [0, 0.1) is 10.1 Å². The first-order chi connectivity index (χ1) is 16.3. The molecule has 0 saturated heterocycles. The minimum atomic E-state index is -0.656. The first-order valence-electron chi connectivity index (χ1n) is 11.1. The summed E-state index contributed by atoms with van der Waals surface area (Å²) in [5.74, 6) is 0.232. The zero-order valence-corrected chi connectivity index (χ0v) is 21.6. The van der Waals surface area contributed by atoms with Gasteiger partial charge in [0.1, 0.15) is 6.04 Å². The third-order valence-corrected chi connectivity index (χ3v) is 6.94. The highest BCUT2D eigenvalue weighted by Crippen LogP contribution is 2.27. The van der Waals surface area contributed by atoms with E-state index in [2.05, 4.69) is 5.32 Å². The van der Waals surface area contributed by atoms with E-state index in [0.717, 1.165) is 18.4 Å². The summed E-state index contributed by atoms with van der Waals surface area (Å²) in [6.07, 6.45) is 2.25. The molecule has 10 heteroatoms. The molecule has 0 bridgehead atoms. The molecule has 1 atom stereocenters. The van der Waals surface area contributed by atoms with Crippen LogP contribution in [0.1, 0.15) is 44.2 Å². The van der Waals surface area contributed by atoms with Crippen molar-refractivity contribution in [1.82, 2.24) is 10.2 Å². The predicted octanol–water partition coefficient (Wildman–Crippen LogP) is 5.86. The van der Waals surface area contributed by atoms with Crippen LogP contribution in [-0.2, 0) is 21.9 Å². The van der Waals surface area contributed by atoms with Crippen molar-refractivity contribution in [1.29, 1.82) is 0 Å². The number of nitrogens with one attached hydrogen (secondary N) is 1. The van der Waals surface area contributed by atoms with Crippen LogP contribution in [0.4, 0.5) is 5.69 Å². The molecule has 0 aliphatic carbocycles. The van der Waals surface area contributed by atoms with Crippen molar-refractivity contribution in [2.24, 2.45) is 0 Å². The first kappa shape index (κ1) is 28.0. The summed E-state index contributed by atoms with van der Waals surface area (Å²) in [7, 11) is 0. The number of carbonyl (C=O) groups is 2. The molecule has 0 aliphatic heterocycles. The van der Waals surface area contributed by atoms with E-state index >= 15 is 0 Å². The highest BCUT2D eigenvalue weighted by Gasteiger charge is 2.29. The van der Waals surface area contributed by atoms with Crippen LogP contribution >= 0.6 is 35.0 Å². The smallest absolute Gasteiger partial charge is 0.269 e. The second-order valence-corrected chi connectivity index (χ2v) is 9.51. The zero-order valence-electron chi connectivity index (χ0n) is 19.3. The van der Waals surface area contributed by atoms with Crippen LogP contribution < -0.4 is 5.32 Å². The number of nitro groups is 1. The summed E-state index contributed by atoms with van der Waals surface area (Å²) in [4.78, 5) is 38.1. The number of hydrogen-bond donors (Lipinski definition) is 1. The molecule has 0 radical (unpaired) electrons. The largest absolute Gasteiger partial charge is 0.354 e. The van der Waals surface area contributed by atoms with Gasteiger partial charge in [0.05, 0.1) is 10.7 Å². The van der Waals surface area contributed by atoms with E-state index in [4.69, 9.17) is 23.2 Å². The highest BCUT2D eigenvalue weighted by molar-refractivity contribution is 7.99. The van der Waals surface area contributed by atoms with Gasteiger partial charge in [-0.15, -0.1) is 11.8 Å². The molecule has 0 aromatic heterocycles. The van der Waals surface area contributed by atoms with Gasteiger partial charge < -0.3 is 10.2 Å². The van der Waals surface area contributed by atoms with Gasteiger partial charge in [-0.1, -0.05) is 61.7 Å². The minimum Gasteiger partial charge on any atom is -0.354 e. The van der Waals surface area contributed by atoms with Gasteiger partial charge in [0.15, 0.2) is 0 Å². The molecule has 2 rings (SSSR count). The molecule has 0 saturated carbocycles. The maximum Gasteiger partial charge on any atom is 0.269 e. The summed E-state index contributed by atoms with van der Waals surface area (Å²) in [5, 5.41) is 14.6. The average Bonchev–Trinajstić information content (AvgIpc) is 2.81. The second-order valence-electron chi connectivity index (χ2n) is 7.71. The van der Waals surface area contributed by atoms with Crippen molar-refractivity contribution >= 4 is 52.5 Å². The van der Waals surface area contributed by atoms with Crippen LogP contribution in [-0.4, -0.2) is 40.0 Å². The van der Waals surface area contributed by atoms with Crippen LogP contribution in [0.15, 0.2) is 42.5 Å². The molecule has 2 aromatic carbocycles. The zero-order chi connectivity index (χ0) is 25.1. The number of thioether (sulfide) groups is 1. The van der Waals surface area contributed by atoms with Gasteiger partial charge in [-0.25, -0.2) is 0 Å². The van der Waals surface area contributed by atoms with Crippen molar-refractivity contribution in [2.45, 2.75) is 51.4 Å². The molecule has 0 aliphatic rings. The fraction of sp³-hybridized carbons (Fsp3) is 0.417.